The molecule has 0 aliphatic heterocycles. The first-order valence-corrected chi connectivity index (χ1v) is 10.9. The lowest BCUT2D eigenvalue weighted by atomic mass is 10.0. The zero-order chi connectivity index (χ0) is 30.2. The fourth-order valence-corrected chi connectivity index (χ4v) is 2.84. The Morgan fingerprint density at radius 1 is 0.872 bits per heavy atom. The number of Topliss-reactive ketones (excluding diaryl/α,β-unsaturated/α-hetero) is 1. The van der Waals surface area contributed by atoms with Gasteiger partial charge in [-0.2, -0.15) is 22.0 Å². The monoisotopic (exact) mass is 575 g/mol. The molecular formula is C22H24F7N3O7. The number of carbonyl (C=O) groups excluding carboxylic acids is 5. The second-order valence-corrected chi connectivity index (χ2v) is 8.32. The Morgan fingerprint density at radius 2 is 1.41 bits per heavy atom. The summed E-state index contributed by atoms with van der Waals surface area (Å²) in [6, 6.07) is -5.18. The molecule has 218 valence electrons. The van der Waals surface area contributed by atoms with Crippen molar-refractivity contribution in [1.29, 1.82) is 0 Å². The van der Waals surface area contributed by atoms with Crippen molar-refractivity contribution >= 4 is 29.5 Å². The minimum absolute atomic E-state index is 0.103. The number of rotatable bonds is 12. The van der Waals surface area contributed by atoms with Crippen LogP contribution in [0.25, 0.3) is 0 Å². The van der Waals surface area contributed by atoms with Crippen molar-refractivity contribution in [2.75, 3.05) is 13.7 Å². The van der Waals surface area contributed by atoms with Crippen LogP contribution < -0.4 is 20.7 Å². The molecule has 3 amide bonds. The lowest BCUT2D eigenvalue weighted by Gasteiger charge is -2.25. The van der Waals surface area contributed by atoms with Crippen molar-refractivity contribution in [2.45, 2.75) is 51.5 Å². The fraction of sp³-hybridized carbons (Fsp3) is 0.500. The summed E-state index contributed by atoms with van der Waals surface area (Å²) in [4.78, 5) is 60.4. The Morgan fingerprint density at radius 3 is 1.87 bits per heavy atom. The Labute approximate surface area is 216 Å². The number of methoxy groups -OCH3 is 1. The smallest absolute Gasteiger partial charge is 0.471 e. The Hall–Kier alpha value is -3.92. The third-order valence-electron chi connectivity index (χ3n) is 4.98. The molecule has 0 aliphatic rings. The second kappa shape index (κ2) is 13.7. The highest BCUT2D eigenvalue weighted by atomic mass is 19.4. The first-order valence-electron chi connectivity index (χ1n) is 10.9. The van der Waals surface area contributed by atoms with Gasteiger partial charge in [0, 0.05) is 6.07 Å². The van der Waals surface area contributed by atoms with Gasteiger partial charge in [0.2, 0.25) is 23.4 Å². The van der Waals surface area contributed by atoms with Gasteiger partial charge in [0.1, 0.15) is 24.7 Å². The van der Waals surface area contributed by atoms with E-state index in [2.05, 4.69) is 9.47 Å². The Balaban J connectivity index is 2.99. The molecule has 1 aromatic carbocycles. The van der Waals surface area contributed by atoms with Crippen molar-refractivity contribution in [3.05, 3.63) is 29.3 Å². The number of carbonyl (C=O) groups is 5. The predicted octanol–water partition coefficient (Wildman–Crippen LogP) is 1.45. The van der Waals surface area contributed by atoms with E-state index in [1.807, 2.05) is 10.6 Å². The zero-order valence-corrected chi connectivity index (χ0v) is 20.8. The molecule has 0 radical (unpaired) electrons. The Bertz CT molecular complexity index is 1090. The molecule has 0 saturated heterocycles. The van der Waals surface area contributed by atoms with Gasteiger partial charge in [-0.05, 0) is 12.8 Å². The molecular weight excluding hydrogens is 551 g/mol. The van der Waals surface area contributed by atoms with E-state index in [1.54, 1.807) is 0 Å². The molecule has 3 N–H and O–H groups in total. The largest absolute Gasteiger partial charge is 0.479 e. The first-order chi connectivity index (χ1) is 17.9. The van der Waals surface area contributed by atoms with Crippen molar-refractivity contribution in [3.8, 4) is 5.75 Å². The number of hydrogen-bond donors (Lipinski definition) is 3. The normalized spacial score (nSPS) is 13.6. The van der Waals surface area contributed by atoms with E-state index in [9.17, 15) is 54.7 Å². The van der Waals surface area contributed by atoms with E-state index in [1.165, 1.54) is 19.2 Å². The molecule has 17 heteroatoms. The molecule has 0 aliphatic carbocycles. The number of ketones is 1. The Kier molecular flexibility index (Phi) is 11.7. The quantitative estimate of drug-likeness (QED) is 0.195. The molecule has 10 nitrogen and oxygen atoms in total. The van der Waals surface area contributed by atoms with Gasteiger partial charge < -0.3 is 25.4 Å². The minimum atomic E-state index is -5.29. The number of hydrogen-bond acceptors (Lipinski definition) is 7. The van der Waals surface area contributed by atoms with Crippen LogP contribution in [0.1, 0.15) is 27.2 Å². The highest BCUT2D eigenvalue weighted by Crippen LogP contribution is 2.26. The van der Waals surface area contributed by atoms with E-state index in [-0.39, 0.29) is 6.07 Å². The summed E-state index contributed by atoms with van der Waals surface area (Å²) < 4.78 is 101. The maximum atomic E-state index is 13.8. The van der Waals surface area contributed by atoms with Gasteiger partial charge >= 0.3 is 18.1 Å². The van der Waals surface area contributed by atoms with E-state index in [4.69, 9.17) is 0 Å². The third-order valence-corrected chi connectivity index (χ3v) is 4.98. The van der Waals surface area contributed by atoms with Gasteiger partial charge in [0.25, 0.3) is 0 Å². The SMILES string of the molecule is COC(=O)C[C@H](NC(=O)[C@H](C)NC(=O)[C@@H](NC(=O)C(F)(F)F)C(C)C)C(=O)COc1c(F)c(F)cc(F)c1F. The average molecular weight is 575 g/mol. The summed E-state index contributed by atoms with van der Waals surface area (Å²) >= 11 is 0. The molecule has 1 aromatic rings. The van der Waals surface area contributed by atoms with Gasteiger partial charge in [-0.25, -0.2) is 8.78 Å². The summed E-state index contributed by atoms with van der Waals surface area (Å²) in [5, 5.41) is 5.55. The first kappa shape index (κ1) is 33.1. The van der Waals surface area contributed by atoms with Crippen LogP contribution in [0.5, 0.6) is 5.75 Å². The second-order valence-electron chi connectivity index (χ2n) is 8.32. The van der Waals surface area contributed by atoms with Crippen LogP contribution in [-0.2, 0) is 28.7 Å². The van der Waals surface area contributed by atoms with E-state index in [0.717, 1.165) is 14.0 Å². The van der Waals surface area contributed by atoms with Crippen LogP contribution in [-0.4, -0.2) is 67.5 Å². The molecule has 0 aromatic heterocycles. The van der Waals surface area contributed by atoms with Crippen LogP contribution in [0.4, 0.5) is 30.7 Å². The van der Waals surface area contributed by atoms with E-state index in [0.29, 0.717) is 0 Å². The summed E-state index contributed by atoms with van der Waals surface area (Å²) in [6.07, 6.45) is -6.15. The van der Waals surface area contributed by atoms with Crippen LogP contribution in [0.3, 0.4) is 0 Å². The maximum Gasteiger partial charge on any atom is 0.471 e. The van der Waals surface area contributed by atoms with E-state index < -0.39 is 102 Å². The number of nitrogens with one attached hydrogen (secondary N) is 3. The van der Waals surface area contributed by atoms with Gasteiger partial charge in [0.05, 0.1) is 13.5 Å². The molecule has 0 unspecified atom stereocenters. The van der Waals surface area contributed by atoms with Gasteiger partial charge in [-0.3, -0.25) is 24.0 Å². The summed E-state index contributed by atoms with van der Waals surface area (Å²) in [5.74, 6) is -17.0. The highest BCUT2D eigenvalue weighted by molar-refractivity contribution is 5.96. The highest BCUT2D eigenvalue weighted by Gasteiger charge is 2.41. The number of halogens is 7. The molecule has 0 fully saturated rings. The van der Waals surface area contributed by atoms with Crippen LogP contribution in [0.2, 0.25) is 0 Å². The molecule has 0 saturated carbocycles. The van der Waals surface area contributed by atoms with Crippen molar-refractivity contribution in [2.24, 2.45) is 5.92 Å². The standard InChI is InChI=1S/C22H24F7N3O7/c1-8(2)17(32-21(37)22(27,28)29)20(36)30-9(3)19(35)31-12(6-14(34)38-4)13(33)7-39-18-15(25)10(23)5-11(24)16(18)26/h5,8-9,12,17H,6-7H2,1-4H3,(H,30,36)(H,31,35)(H,32,37)/t9-,12-,17-/m0/s1. The van der Waals surface area contributed by atoms with Crippen LogP contribution >= 0.6 is 0 Å². The van der Waals surface area contributed by atoms with E-state index >= 15 is 0 Å². The minimum Gasteiger partial charge on any atom is -0.479 e. The third kappa shape index (κ3) is 9.40. The molecule has 1 rings (SSSR count). The fourth-order valence-electron chi connectivity index (χ4n) is 2.84. The lowest BCUT2D eigenvalue weighted by Crippen LogP contribution is -2.57. The molecule has 39 heavy (non-hydrogen) atoms. The molecule has 0 spiro atoms. The van der Waals surface area contributed by atoms with Crippen molar-refractivity contribution in [1.82, 2.24) is 16.0 Å². The van der Waals surface area contributed by atoms with Crippen molar-refractivity contribution in [3.63, 3.8) is 0 Å². The van der Waals surface area contributed by atoms with Gasteiger partial charge in [-0.1, -0.05) is 13.8 Å². The number of amides is 3. The van der Waals surface area contributed by atoms with Crippen LogP contribution in [0, 0.1) is 29.2 Å². The summed E-state index contributed by atoms with van der Waals surface area (Å²) in [5.41, 5.74) is 0. The summed E-state index contributed by atoms with van der Waals surface area (Å²) in [7, 11) is 0.923. The molecule has 0 bridgehead atoms. The summed E-state index contributed by atoms with van der Waals surface area (Å²) in [6.45, 7) is 2.38. The average Bonchev–Trinajstić information content (AvgIpc) is 2.83. The number of esters is 1. The zero-order valence-electron chi connectivity index (χ0n) is 20.8. The molecule has 0 heterocycles. The predicted molar refractivity (Wildman–Crippen MR) is 116 cm³/mol. The van der Waals surface area contributed by atoms with Crippen molar-refractivity contribution < 1.29 is 64.2 Å². The molecule has 3 atom stereocenters. The number of benzene rings is 1. The topological polar surface area (TPSA) is 140 Å². The number of ether oxygens (including phenoxy) is 2. The van der Waals surface area contributed by atoms with Gasteiger partial charge in [-0.15, -0.1) is 0 Å². The number of alkyl halides is 3. The van der Waals surface area contributed by atoms with Gasteiger partial charge in [0.15, 0.2) is 23.2 Å². The maximum absolute atomic E-state index is 13.8. The van der Waals surface area contributed by atoms with Crippen LogP contribution in [0.15, 0.2) is 6.07 Å². The lowest BCUT2D eigenvalue weighted by molar-refractivity contribution is -0.175.